The molecule has 0 saturated carbocycles. The number of hydrogen-bond donors (Lipinski definition) is 0. The van der Waals surface area contributed by atoms with E-state index in [0.29, 0.717) is 21.6 Å². The van der Waals surface area contributed by atoms with E-state index in [0.717, 1.165) is 42.8 Å². The summed E-state index contributed by atoms with van der Waals surface area (Å²) in [6.07, 6.45) is 1.53. The zero-order valence-electron chi connectivity index (χ0n) is 33.2. The minimum Gasteiger partial charge on any atom is -0.309 e. The molecule has 10 aromatic rings. The summed E-state index contributed by atoms with van der Waals surface area (Å²) in [4.78, 5) is 9.41. The third kappa shape index (κ3) is 3.69. The summed E-state index contributed by atoms with van der Waals surface area (Å²) in [7, 11) is 0. The molecule has 45 heavy (non-hydrogen) atoms. The molecule has 0 aliphatic heterocycles. The highest BCUT2D eigenvalue weighted by molar-refractivity contribution is 7.27. The van der Waals surface area contributed by atoms with Crippen molar-refractivity contribution >= 4 is 85.0 Å². The Morgan fingerprint density at radius 2 is 1.38 bits per heavy atom. The van der Waals surface area contributed by atoms with Gasteiger partial charge in [-0.05, 0) is 53.5 Å². The largest absolute Gasteiger partial charge is 0.309 e. The van der Waals surface area contributed by atoms with Gasteiger partial charge in [0, 0.05) is 52.3 Å². The summed E-state index contributed by atoms with van der Waals surface area (Å²) in [5, 5.41) is 1.67. The average Bonchev–Trinajstić information content (AvgIpc) is 3.90. The molecule has 0 bridgehead atoms. The van der Waals surface area contributed by atoms with Crippen LogP contribution in [-0.4, -0.2) is 14.5 Å². The first-order valence-electron chi connectivity index (χ1n) is 19.2. The van der Waals surface area contributed by atoms with Crippen LogP contribution in [0.3, 0.4) is 0 Å². The van der Waals surface area contributed by atoms with Crippen LogP contribution in [0.25, 0.3) is 90.4 Å². The van der Waals surface area contributed by atoms with E-state index >= 15 is 0 Å². The summed E-state index contributed by atoms with van der Waals surface area (Å²) < 4.78 is 92.2. The predicted octanol–water partition coefficient (Wildman–Crippen LogP) is 11.6. The molecular weight excluding hydrogens is 587 g/mol. The molecule has 0 aliphatic rings. The summed E-state index contributed by atoms with van der Waals surface area (Å²) in [6, 6.07) is 20.1. The van der Waals surface area contributed by atoms with Crippen LogP contribution in [0, 0.1) is 0 Å². The lowest BCUT2D eigenvalue weighted by molar-refractivity contribution is 1.18. The maximum atomic E-state index is 9.41. The van der Waals surface area contributed by atoms with E-state index < -0.39 is 24.2 Å². The minimum absolute atomic E-state index is 0.110. The fourth-order valence-electron chi connectivity index (χ4n) is 6.22. The van der Waals surface area contributed by atoms with E-state index in [4.69, 9.17) is 20.9 Å². The number of fused-ring (bicyclic) bond motifs is 10. The molecule has 3 nitrogen and oxygen atoms in total. The van der Waals surface area contributed by atoms with E-state index in [1.807, 2.05) is 36.4 Å². The van der Waals surface area contributed by atoms with Gasteiger partial charge in [-0.15, -0.1) is 22.7 Å². The van der Waals surface area contributed by atoms with Gasteiger partial charge in [-0.3, -0.25) is 0 Å². The van der Waals surface area contributed by atoms with Gasteiger partial charge < -0.3 is 4.57 Å². The third-order valence-corrected chi connectivity index (χ3v) is 10.5. The van der Waals surface area contributed by atoms with Gasteiger partial charge in [-0.2, -0.15) is 0 Å². The van der Waals surface area contributed by atoms with Crippen molar-refractivity contribution in [3.63, 3.8) is 0 Å². The highest BCUT2D eigenvalue weighted by atomic mass is 32.1. The number of hydrogen-bond acceptors (Lipinski definition) is 4. The first-order valence-corrected chi connectivity index (χ1v) is 15.8. The SMILES string of the molecule is [2H]c1c([2H])c([2H])c2c(sc3c2c([2H])c([2H])c2c3c3c([2H])c([2H])c([2H])c([2H])c3n2-c2cccc(-c3ncnc4c3sc3ccc(-c5ccccc5)cc34)c2)c1[2H]. The van der Waals surface area contributed by atoms with Gasteiger partial charge >= 0.3 is 0 Å². The molecule has 0 saturated heterocycles. The van der Waals surface area contributed by atoms with Gasteiger partial charge in [0.15, 0.2) is 0 Å². The van der Waals surface area contributed by atoms with Crippen molar-refractivity contribution in [2.75, 3.05) is 0 Å². The quantitative estimate of drug-likeness (QED) is 0.197. The van der Waals surface area contributed by atoms with Crippen molar-refractivity contribution in [2.45, 2.75) is 0 Å². The fraction of sp³-hybridized carbons (Fsp3) is 0. The number of rotatable bonds is 3. The smallest absolute Gasteiger partial charge is 0.116 e. The zero-order valence-corrected chi connectivity index (χ0v) is 24.8. The van der Waals surface area contributed by atoms with Crippen LogP contribution < -0.4 is 0 Å². The maximum Gasteiger partial charge on any atom is 0.116 e. The first kappa shape index (κ1) is 17.2. The predicted molar refractivity (Wildman–Crippen MR) is 193 cm³/mol. The van der Waals surface area contributed by atoms with Crippen molar-refractivity contribution in [2.24, 2.45) is 0 Å². The molecule has 0 atom stereocenters. The van der Waals surface area contributed by atoms with Crippen LogP contribution in [0.1, 0.15) is 13.7 Å². The Labute approximate surface area is 280 Å². The maximum absolute atomic E-state index is 9.41. The Morgan fingerprint density at radius 1 is 0.556 bits per heavy atom. The van der Waals surface area contributed by atoms with Gasteiger partial charge in [0.1, 0.15) is 6.33 Å². The Morgan fingerprint density at radius 3 is 2.31 bits per heavy atom. The Balaban J connectivity index is 1.28. The zero-order chi connectivity index (χ0) is 38.2. The normalized spacial score (nSPS) is 15.1. The highest BCUT2D eigenvalue weighted by Gasteiger charge is 2.19. The van der Waals surface area contributed by atoms with Crippen LogP contribution in [0.2, 0.25) is 0 Å². The first-order chi connectivity index (χ1) is 26.5. The van der Waals surface area contributed by atoms with Crippen molar-refractivity contribution in [1.29, 1.82) is 0 Å². The number of nitrogens with zero attached hydrogens (tertiary/aromatic N) is 3. The van der Waals surface area contributed by atoms with Crippen molar-refractivity contribution in [1.82, 2.24) is 14.5 Å². The van der Waals surface area contributed by atoms with Crippen LogP contribution in [0.4, 0.5) is 0 Å². The minimum atomic E-state index is -0.464. The molecular formula is C40H23N3S2. The van der Waals surface area contributed by atoms with Crippen LogP contribution in [0.5, 0.6) is 0 Å². The Kier molecular flexibility index (Phi) is 3.66. The highest BCUT2D eigenvalue weighted by Crippen LogP contribution is 2.44. The molecule has 4 heterocycles. The van der Waals surface area contributed by atoms with E-state index in [1.54, 1.807) is 22.0 Å². The molecule has 4 aromatic heterocycles. The van der Waals surface area contributed by atoms with Crippen molar-refractivity contribution in [3.8, 4) is 28.1 Å². The van der Waals surface area contributed by atoms with E-state index in [9.17, 15) is 2.74 Å². The second-order valence-corrected chi connectivity index (χ2v) is 12.7. The van der Waals surface area contributed by atoms with Gasteiger partial charge in [0.2, 0.25) is 0 Å². The molecule has 5 heteroatoms. The number of para-hydroxylation sites is 1. The lowest BCUT2D eigenvalue weighted by Crippen LogP contribution is -1.95. The fourth-order valence-corrected chi connectivity index (χ4v) is 8.48. The van der Waals surface area contributed by atoms with Crippen LogP contribution >= 0.6 is 22.7 Å². The molecule has 10 rings (SSSR count). The van der Waals surface area contributed by atoms with E-state index in [-0.39, 0.29) is 73.5 Å². The number of benzene rings is 6. The lowest BCUT2D eigenvalue weighted by Gasteiger charge is -2.10. The third-order valence-electron chi connectivity index (χ3n) is 8.20. The molecule has 0 spiro atoms. The molecule has 0 amide bonds. The summed E-state index contributed by atoms with van der Waals surface area (Å²) in [5.41, 5.74) is 5.08. The standard InChI is InChI=1S/C40H23N3S2/c1-2-9-24(10-3-1)25-17-20-35-31(22-25)38-40(45-35)37(41-23-42-38)26-11-8-12-27(21-26)43-32-15-6-4-14-30(32)36-33(43)19-18-29-28-13-5-7-16-34(28)44-39(29)36/h1-23H/i4D,5D,6D,7D,13D,14D,15D,16D,18D,19D. The molecule has 0 radical (unpaired) electrons. The lowest BCUT2D eigenvalue weighted by atomic mass is 10.0. The Bertz CT molecular complexity index is 3340. The second kappa shape index (κ2) is 9.57. The van der Waals surface area contributed by atoms with Gasteiger partial charge in [0.05, 0.1) is 40.7 Å². The molecule has 0 N–H and O–H groups in total. The van der Waals surface area contributed by atoms with E-state index in [2.05, 4.69) is 30.3 Å². The van der Waals surface area contributed by atoms with Crippen molar-refractivity contribution < 1.29 is 13.7 Å². The molecule has 0 unspecified atom stereocenters. The van der Waals surface area contributed by atoms with Crippen LogP contribution in [-0.2, 0) is 0 Å². The molecule has 0 aliphatic carbocycles. The summed E-state index contributed by atoms with van der Waals surface area (Å²) >= 11 is 2.61. The van der Waals surface area contributed by atoms with E-state index in [1.165, 1.54) is 6.33 Å². The average molecular weight is 620 g/mol. The summed E-state index contributed by atoms with van der Waals surface area (Å²) in [5.74, 6) is 0. The van der Waals surface area contributed by atoms with Crippen molar-refractivity contribution in [3.05, 3.63) is 140 Å². The van der Waals surface area contributed by atoms with Gasteiger partial charge in [0.25, 0.3) is 0 Å². The molecule has 0 fully saturated rings. The monoisotopic (exact) mass is 619 g/mol. The van der Waals surface area contributed by atoms with Crippen LogP contribution in [0.15, 0.2) is 140 Å². The number of thiophene rings is 2. The molecule has 210 valence electrons. The topological polar surface area (TPSA) is 30.7 Å². The number of aromatic nitrogens is 3. The van der Waals surface area contributed by atoms with Gasteiger partial charge in [-0.1, -0.05) is 90.8 Å². The Hall–Kier alpha value is -5.36. The molecule has 6 aromatic carbocycles. The second-order valence-electron chi connectivity index (χ2n) is 10.7. The van der Waals surface area contributed by atoms with Gasteiger partial charge in [-0.25, -0.2) is 9.97 Å². The summed E-state index contributed by atoms with van der Waals surface area (Å²) in [6.45, 7) is 0.